The topological polar surface area (TPSA) is 205 Å². The maximum atomic E-state index is 15.0. The van der Waals surface area contributed by atoms with Crippen LogP contribution >= 0.6 is 0 Å². The minimum Gasteiger partial charge on any atom is -0.475 e. The quantitative estimate of drug-likeness (QED) is 0.0813. The standard InChI is InChI=1S/C38H46F2N6O6.C2HF3O2/c1-38(2,3)35(36-43-31(28-20-26(39)13-14-29(28)40)23-44(36)22-25-10-6-4-7-11-25)46(34(51)24-47)19-17-30(41)37(52)42-21-27(48)12-8-5-9-18-45-32(49)15-16-33(45)50;3-2(4,5)1(6)7/h4,6-7,10-11,13-16,20,23,30,35,47H,5,8-9,12,17-19,21-22,24,41H2,1-3H3,(H,42,52);(H,6,7)/t30-,35-;/m0./s1. The molecular formula is C40H47F5N6O8. The molecule has 1 aromatic heterocycles. The number of nitrogens with zero attached hydrogens (tertiary/aromatic N) is 4. The Bertz CT molecular complexity index is 1980. The van der Waals surface area contributed by atoms with Crippen molar-refractivity contribution in [2.75, 3.05) is 26.2 Å². The maximum absolute atomic E-state index is 15.0. The van der Waals surface area contributed by atoms with Gasteiger partial charge in [-0.2, -0.15) is 13.2 Å². The van der Waals surface area contributed by atoms with Crippen LogP contribution in [0.15, 0.2) is 66.9 Å². The van der Waals surface area contributed by atoms with Crippen LogP contribution in [0.4, 0.5) is 22.0 Å². The van der Waals surface area contributed by atoms with E-state index in [9.17, 15) is 51.0 Å². The van der Waals surface area contributed by atoms with Crippen LogP contribution in [0.5, 0.6) is 0 Å². The normalized spacial score (nSPS) is 13.8. The molecule has 59 heavy (non-hydrogen) atoms. The number of unbranched alkanes of at least 4 members (excludes halogenated alkanes) is 2. The third-order valence-corrected chi connectivity index (χ3v) is 9.00. The molecule has 0 spiro atoms. The van der Waals surface area contributed by atoms with Gasteiger partial charge >= 0.3 is 12.1 Å². The second kappa shape index (κ2) is 21.3. The van der Waals surface area contributed by atoms with Gasteiger partial charge in [-0.05, 0) is 48.4 Å². The summed E-state index contributed by atoms with van der Waals surface area (Å²) in [5.41, 5.74) is 6.50. The Balaban J connectivity index is 0.00000122. The van der Waals surface area contributed by atoms with Gasteiger partial charge in [-0.15, -0.1) is 0 Å². The molecule has 2 heterocycles. The highest BCUT2D eigenvalue weighted by molar-refractivity contribution is 6.12. The third kappa shape index (κ3) is 14.2. The Morgan fingerprint density at radius 2 is 1.58 bits per heavy atom. The summed E-state index contributed by atoms with van der Waals surface area (Å²) in [7, 11) is 0. The van der Waals surface area contributed by atoms with Crippen molar-refractivity contribution in [3.05, 3.63) is 89.9 Å². The molecule has 3 aromatic rings. The summed E-state index contributed by atoms with van der Waals surface area (Å²) in [6.07, 6.45) is 0.822. The lowest BCUT2D eigenvalue weighted by Gasteiger charge is -2.40. The summed E-state index contributed by atoms with van der Waals surface area (Å²) < 4.78 is 62.7. The van der Waals surface area contributed by atoms with Crippen molar-refractivity contribution in [2.45, 2.75) is 77.7 Å². The van der Waals surface area contributed by atoms with E-state index in [1.807, 2.05) is 51.1 Å². The molecule has 1 aliphatic heterocycles. The summed E-state index contributed by atoms with van der Waals surface area (Å²) in [4.78, 5) is 78.2. The van der Waals surface area contributed by atoms with Gasteiger partial charge < -0.3 is 30.7 Å². The molecule has 14 nitrogen and oxygen atoms in total. The van der Waals surface area contributed by atoms with Gasteiger partial charge in [-0.3, -0.25) is 28.9 Å². The summed E-state index contributed by atoms with van der Waals surface area (Å²) >= 11 is 0. The molecular weight excluding hydrogens is 787 g/mol. The number of aromatic nitrogens is 2. The fraction of sp³-hybridized carbons (Fsp3) is 0.425. The molecule has 5 N–H and O–H groups in total. The number of carbonyl (C=O) groups excluding carboxylic acids is 5. The van der Waals surface area contributed by atoms with Crippen molar-refractivity contribution in [1.82, 2.24) is 24.7 Å². The molecule has 1 aliphatic rings. The highest BCUT2D eigenvalue weighted by Gasteiger charge is 2.39. The molecule has 320 valence electrons. The van der Waals surface area contributed by atoms with E-state index >= 15 is 0 Å². The predicted molar refractivity (Wildman–Crippen MR) is 203 cm³/mol. The Morgan fingerprint density at radius 3 is 2.15 bits per heavy atom. The molecule has 4 amide bonds. The Morgan fingerprint density at radius 1 is 0.949 bits per heavy atom. The zero-order chi connectivity index (χ0) is 44.1. The highest BCUT2D eigenvalue weighted by atomic mass is 19.4. The zero-order valence-corrected chi connectivity index (χ0v) is 32.7. The van der Waals surface area contributed by atoms with Gasteiger partial charge in [0.2, 0.25) is 11.8 Å². The molecule has 0 saturated heterocycles. The number of nitrogens with two attached hydrogens (primary N) is 1. The minimum absolute atomic E-state index is 0.0219. The molecule has 4 rings (SSSR count). The number of nitrogens with one attached hydrogen (secondary N) is 1. The Kier molecular flexibility index (Phi) is 17.1. The van der Waals surface area contributed by atoms with E-state index in [0.29, 0.717) is 31.6 Å². The zero-order valence-electron chi connectivity index (χ0n) is 32.7. The van der Waals surface area contributed by atoms with Gasteiger partial charge in [-0.25, -0.2) is 18.6 Å². The number of aliphatic hydroxyl groups is 1. The first kappa shape index (κ1) is 47.6. The second-order valence-corrected chi connectivity index (χ2v) is 14.7. The summed E-state index contributed by atoms with van der Waals surface area (Å²) in [6, 6.07) is 10.6. The monoisotopic (exact) mass is 834 g/mol. The molecule has 0 unspecified atom stereocenters. The van der Waals surface area contributed by atoms with Gasteiger partial charge in [0.05, 0.1) is 24.3 Å². The van der Waals surface area contributed by atoms with E-state index in [0.717, 1.165) is 28.7 Å². The van der Waals surface area contributed by atoms with Gasteiger partial charge in [0.1, 0.15) is 24.1 Å². The van der Waals surface area contributed by atoms with Crippen LogP contribution in [0.25, 0.3) is 11.3 Å². The van der Waals surface area contributed by atoms with Gasteiger partial charge in [0, 0.05) is 50.0 Å². The number of hydrogen-bond donors (Lipinski definition) is 4. The lowest BCUT2D eigenvalue weighted by molar-refractivity contribution is -0.192. The Hall–Kier alpha value is -5.82. The summed E-state index contributed by atoms with van der Waals surface area (Å²) in [6.45, 7) is 5.05. The van der Waals surface area contributed by atoms with Crippen LogP contribution in [0.2, 0.25) is 0 Å². The van der Waals surface area contributed by atoms with Crippen molar-refractivity contribution in [1.29, 1.82) is 0 Å². The number of rotatable bonds is 18. The number of imide groups is 1. The van der Waals surface area contributed by atoms with E-state index in [1.165, 1.54) is 17.1 Å². The number of halogens is 5. The minimum atomic E-state index is -5.08. The lowest BCUT2D eigenvalue weighted by Crippen LogP contribution is -2.48. The van der Waals surface area contributed by atoms with Gasteiger partial charge in [0.25, 0.3) is 11.8 Å². The second-order valence-electron chi connectivity index (χ2n) is 14.7. The summed E-state index contributed by atoms with van der Waals surface area (Å²) in [5.74, 6) is -5.86. The smallest absolute Gasteiger partial charge is 0.475 e. The van der Waals surface area contributed by atoms with Crippen molar-refractivity contribution in [2.24, 2.45) is 11.1 Å². The fourth-order valence-electron chi connectivity index (χ4n) is 6.10. The average Bonchev–Trinajstić information content (AvgIpc) is 3.72. The van der Waals surface area contributed by atoms with Gasteiger partial charge in [0.15, 0.2) is 5.78 Å². The lowest BCUT2D eigenvalue weighted by atomic mass is 9.84. The van der Waals surface area contributed by atoms with Crippen molar-refractivity contribution in [3.8, 4) is 11.3 Å². The van der Waals surface area contributed by atoms with Crippen LogP contribution in [-0.4, -0.2) is 103 Å². The molecule has 0 radical (unpaired) electrons. The predicted octanol–water partition coefficient (Wildman–Crippen LogP) is 4.31. The molecule has 0 bridgehead atoms. The first-order valence-electron chi connectivity index (χ1n) is 18.5. The summed E-state index contributed by atoms with van der Waals surface area (Å²) in [5, 5.41) is 19.7. The molecule has 19 heteroatoms. The number of carboxylic acid groups (broad SMARTS) is 1. The largest absolute Gasteiger partial charge is 0.490 e. The SMILES string of the molecule is CC(C)(C)[C@H](c1nc(-c2cc(F)ccc2F)cn1Cc1ccccc1)N(CC[C@H](N)C(=O)NCC(=O)CCCCCN1C(=O)C=CC1=O)C(=O)CO.O=C(O)C(F)(F)F. The van der Waals surface area contributed by atoms with Crippen LogP contribution in [0.3, 0.4) is 0 Å². The van der Waals surface area contributed by atoms with E-state index in [1.54, 1.807) is 10.8 Å². The third-order valence-electron chi connectivity index (χ3n) is 9.00. The number of Topliss-reactive ketones (excluding diaryl/α,β-unsaturated/α-hetero) is 1. The highest BCUT2D eigenvalue weighted by Crippen LogP contribution is 2.39. The first-order chi connectivity index (χ1) is 27.6. The number of benzene rings is 2. The van der Waals surface area contributed by atoms with Crippen LogP contribution < -0.4 is 11.1 Å². The maximum Gasteiger partial charge on any atom is 0.490 e. The molecule has 0 saturated carbocycles. The van der Waals surface area contributed by atoms with Crippen LogP contribution in [0.1, 0.15) is 70.3 Å². The number of carboxylic acids is 1. The van der Waals surface area contributed by atoms with Crippen LogP contribution in [0, 0.1) is 17.0 Å². The first-order valence-corrected chi connectivity index (χ1v) is 18.5. The molecule has 2 atom stereocenters. The Labute approximate surface area is 336 Å². The fourth-order valence-corrected chi connectivity index (χ4v) is 6.10. The van der Waals surface area contributed by atoms with Crippen LogP contribution in [-0.2, 0) is 35.3 Å². The number of alkyl halides is 3. The number of ketones is 1. The number of carbonyl (C=O) groups is 6. The van der Waals surface area contributed by atoms with Crippen molar-refractivity contribution in [3.63, 3.8) is 0 Å². The van der Waals surface area contributed by atoms with E-state index in [4.69, 9.17) is 20.6 Å². The van der Waals surface area contributed by atoms with E-state index < -0.39 is 59.7 Å². The van der Waals surface area contributed by atoms with E-state index in [2.05, 4.69) is 5.32 Å². The van der Waals surface area contributed by atoms with E-state index in [-0.39, 0.29) is 61.3 Å². The van der Waals surface area contributed by atoms with Crippen molar-refractivity contribution < 1.29 is 60.9 Å². The van der Waals surface area contributed by atoms with Crippen molar-refractivity contribution >= 4 is 35.4 Å². The molecule has 0 aliphatic carbocycles. The molecule has 2 aromatic carbocycles. The van der Waals surface area contributed by atoms with Gasteiger partial charge in [-0.1, -0.05) is 57.5 Å². The molecule has 0 fully saturated rings. The number of amides is 4. The number of aliphatic carboxylic acids is 1. The number of hydrogen-bond acceptors (Lipinski definition) is 9. The average molecular weight is 835 g/mol. The number of imidazole rings is 1. The number of aliphatic hydroxyl groups excluding tert-OH is 1.